The molecule has 0 radical (unpaired) electrons. The van der Waals surface area contributed by atoms with E-state index in [0.717, 1.165) is 25.1 Å². The topological polar surface area (TPSA) is 39.7 Å². The molecular weight excluding hydrogens is 389 g/mol. The van der Waals surface area contributed by atoms with Crippen LogP contribution >= 0.6 is 15.9 Å². The van der Waals surface area contributed by atoms with Crippen LogP contribution in [0.4, 0.5) is 23.8 Å². The highest BCUT2D eigenvalue weighted by molar-refractivity contribution is 9.10. The average molecular weight is 409 g/mol. The summed E-state index contributed by atoms with van der Waals surface area (Å²) >= 11 is 3.19. The van der Waals surface area contributed by atoms with Crippen molar-refractivity contribution in [1.29, 1.82) is 0 Å². The van der Waals surface area contributed by atoms with Gasteiger partial charge in [0, 0.05) is 46.5 Å². The Labute approximate surface area is 147 Å². The Hall–Kier alpha value is -1.51. The predicted octanol–water partition coefficient (Wildman–Crippen LogP) is 3.45. The fourth-order valence-electron chi connectivity index (χ4n) is 2.76. The van der Waals surface area contributed by atoms with E-state index in [0.29, 0.717) is 23.4 Å². The number of anilines is 1. The predicted molar refractivity (Wildman–Crippen MR) is 89.0 cm³/mol. The van der Waals surface area contributed by atoms with Crippen molar-refractivity contribution >= 4 is 27.8 Å². The molecule has 1 aromatic rings. The van der Waals surface area contributed by atoms with Crippen LogP contribution in [0.15, 0.2) is 16.7 Å². The van der Waals surface area contributed by atoms with Crippen LogP contribution in [0.25, 0.3) is 0 Å². The third kappa shape index (κ3) is 4.12. The first-order valence-corrected chi connectivity index (χ1v) is 8.32. The Morgan fingerprint density at radius 1 is 1.29 bits per heavy atom. The van der Waals surface area contributed by atoms with Gasteiger partial charge >= 0.3 is 12.2 Å². The van der Waals surface area contributed by atoms with Gasteiger partial charge in [0.2, 0.25) is 0 Å². The van der Waals surface area contributed by atoms with Crippen LogP contribution in [0.1, 0.15) is 18.4 Å². The van der Waals surface area contributed by atoms with E-state index in [9.17, 15) is 18.0 Å². The number of aromatic nitrogens is 1. The third-order valence-corrected chi connectivity index (χ3v) is 4.73. The highest BCUT2D eigenvalue weighted by Crippen LogP contribution is 2.34. The summed E-state index contributed by atoms with van der Waals surface area (Å²) in [6.45, 7) is 1.26. The minimum Gasteiger partial charge on any atom is -0.356 e. The minimum atomic E-state index is -4.41. The van der Waals surface area contributed by atoms with E-state index in [2.05, 4.69) is 20.9 Å². The molecule has 0 bridgehead atoms. The smallest absolute Gasteiger partial charge is 0.356 e. The lowest BCUT2D eigenvalue weighted by Gasteiger charge is -2.38. The number of rotatable bonds is 2. The molecule has 0 unspecified atom stereocenters. The van der Waals surface area contributed by atoms with Gasteiger partial charge in [-0.05, 0) is 34.8 Å². The zero-order valence-corrected chi connectivity index (χ0v) is 15.4. The summed E-state index contributed by atoms with van der Waals surface area (Å²) < 4.78 is 38.4. The lowest BCUT2D eigenvalue weighted by Crippen LogP contribution is -2.48. The zero-order valence-electron chi connectivity index (χ0n) is 13.8. The molecule has 2 heterocycles. The van der Waals surface area contributed by atoms with Gasteiger partial charge in [-0.15, -0.1) is 0 Å². The summed E-state index contributed by atoms with van der Waals surface area (Å²) in [4.78, 5) is 21.1. The van der Waals surface area contributed by atoms with E-state index in [1.54, 1.807) is 26.0 Å². The second-order valence-electron chi connectivity index (χ2n) is 6.03. The molecule has 1 aliphatic rings. The summed E-state index contributed by atoms with van der Waals surface area (Å²) in [5.41, 5.74) is -0.774. The summed E-state index contributed by atoms with van der Waals surface area (Å²) in [6, 6.07) is 1.11. The minimum absolute atomic E-state index is 0.0534. The molecule has 2 rings (SSSR count). The van der Waals surface area contributed by atoms with Gasteiger partial charge in [0.1, 0.15) is 5.82 Å². The maximum absolute atomic E-state index is 12.7. The van der Waals surface area contributed by atoms with Crippen molar-refractivity contribution in [3.8, 4) is 0 Å². The zero-order chi connectivity index (χ0) is 18.1. The van der Waals surface area contributed by atoms with Crippen LogP contribution in [-0.4, -0.2) is 61.1 Å². The summed E-state index contributed by atoms with van der Waals surface area (Å²) in [6.07, 6.45) is -2.07. The molecule has 0 saturated carbocycles. The maximum Gasteiger partial charge on any atom is 0.417 e. The van der Waals surface area contributed by atoms with Gasteiger partial charge in [-0.2, -0.15) is 13.2 Å². The number of pyridine rings is 1. The second-order valence-corrected chi connectivity index (χ2v) is 6.89. The second kappa shape index (κ2) is 7.16. The first kappa shape index (κ1) is 18.8. The molecule has 1 fully saturated rings. The molecule has 0 aromatic carbocycles. The van der Waals surface area contributed by atoms with Crippen LogP contribution in [0.3, 0.4) is 0 Å². The monoisotopic (exact) mass is 408 g/mol. The first-order valence-electron chi connectivity index (χ1n) is 7.53. The SMILES string of the molecule is CN(C)C(=O)N(C)C1CCN(c2ncc(C(F)(F)F)cc2Br)CC1. The van der Waals surface area contributed by atoms with Crippen LogP contribution in [0, 0.1) is 0 Å². The van der Waals surface area contributed by atoms with E-state index < -0.39 is 11.7 Å². The number of carbonyl (C=O) groups is 1. The quantitative estimate of drug-likeness (QED) is 0.752. The van der Waals surface area contributed by atoms with Crippen LogP contribution < -0.4 is 4.90 Å². The lowest BCUT2D eigenvalue weighted by molar-refractivity contribution is -0.137. The molecule has 1 aromatic heterocycles. The molecule has 0 aliphatic carbocycles. The Morgan fingerprint density at radius 3 is 2.33 bits per heavy atom. The van der Waals surface area contributed by atoms with Gasteiger partial charge in [-0.25, -0.2) is 9.78 Å². The van der Waals surface area contributed by atoms with Crippen LogP contribution in [0.5, 0.6) is 0 Å². The van der Waals surface area contributed by atoms with E-state index >= 15 is 0 Å². The molecule has 5 nitrogen and oxygen atoms in total. The molecular formula is C15H20BrF3N4O. The number of alkyl halides is 3. The number of nitrogens with zero attached hydrogens (tertiary/aromatic N) is 4. The van der Waals surface area contributed by atoms with E-state index in [4.69, 9.17) is 0 Å². The largest absolute Gasteiger partial charge is 0.417 e. The molecule has 2 amide bonds. The van der Waals surface area contributed by atoms with Crippen LogP contribution in [0.2, 0.25) is 0 Å². The molecule has 0 atom stereocenters. The van der Waals surface area contributed by atoms with E-state index in [1.165, 1.54) is 4.90 Å². The fraction of sp³-hybridized carbons (Fsp3) is 0.600. The molecule has 0 N–H and O–H groups in total. The Morgan fingerprint density at radius 2 is 1.88 bits per heavy atom. The van der Waals surface area contributed by atoms with E-state index in [-0.39, 0.29) is 12.1 Å². The summed E-state index contributed by atoms with van der Waals surface area (Å²) in [5, 5.41) is 0. The highest BCUT2D eigenvalue weighted by atomic mass is 79.9. The summed E-state index contributed by atoms with van der Waals surface area (Å²) in [5.74, 6) is 0.503. The van der Waals surface area contributed by atoms with Crippen molar-refractivity contribution < 1.29 is 18.0 Å². The number of amides is 2. The van der Waals surface area contributed by atoms with Crippen LogP contribution in [-0.2, 0) is 6.18 Å². The Balaban J connectivity index is 2.04. The van der Waals surface area contributed by atoms with Gasteiger partial charge in [0.05, 0.1) is 10.0 Å². The first-order chi connectivity index (χ1) is 11.1. The maximum atomic E-state index is 12.7. The Bertz CT molecular complexity index is 601. The van der Waals surface area contributed by atoms with Gasteiger partial charge in [-0.3, -0.25) is 0 Å². The van der Waals surface area contributed by atoms with Gasteiger partial charge < -0.3 is 14.7 Å². The molecule has 9 heteroatoms. The number of carbonyl (C=O) groups excluding carboxylic acids is 1. The highest BCUT2D eigenvalue weighted by Gasteiger charge is 2.33. The van der Waals surface area contributed by atoms with Crippen molar-refractivity contribution in [2.75, 3.05) is 39.1 Å². The average Bonchev–Trinajstić information content (AvgIpc) is 2.52. The normalized spacial score (nSPS) is 16.2. The van der Waals surface area contributed by atoms with Crippen molar-refractivity contribution in [3.63, 3.8) is 0 Å². The standard InChI is InChI=1S/C15H20BrF3N4O/c1-21(2)14(24)22(3)11-4-6-23(7-5-11)13-12(16)8-10(9-20-13)15(17,18)19/h8-9,11H,4-7H2,1-3H3. The number of halogens is 4. The number of hydrogen-bond donors (Lipinski definition) is 0. The van der Waals surface area contributed by atoms with Gasteiger partial charge in [0.25, 0.3) is 0 Å². The molecule has 1 saturated heterocycles. The van der Waals surface area contributed by atoms with Crippen molar-refractivity contribution in [3.05, 3.63) is 22.3 Å². The van der Waals surface area contributed by atoms with Crippen molar-refractivity contribution in [2.24, 2.45) is 0 Å². The summed E-state index contributed by atoms with van der Waals surface area (Å²) in [7, 11) is 5.18. The number of hydrogen-bond acceptors (Lipinski definition) is 3. The molecule has 0 spiro atoms. The molecule has 134 valence electrons. The van der Waals surface area contributed by atoms with E-state index in [1.807, 2.05) is 4.90 Å². The Kier molecular flexibility index (Phi) is 5.62. The molecule has 24 heavy (non-hydrogen) atoms. The lowest BCUT2D eigenvalue weighted by atomic mass is 10.0. The number of urea groups is 1. The molecule has 1 aliphatic heterocycles. The third-order valence-electron chi connectivity index (χ3n) is 4.15. The van der Waals surface area contributed by atoms with Crippen molar-refractivity contribution in [2.45, 2.75) is 25.1 Å². The van der Waals surface area contributed by atoms with Gasteiger partial charge in [-0.1, -0.05) is 0 Å². The fourth-order valence-corrected chi connectivity index (χ4v) is 3.35. The van der Waals surface area contributed by atoms with Gasteiger partial charge in [0.15, 0.2) is 0 Å². The number of piperidine rings is 1. The van der Waals surface area contributed by atoms with Crippen molar-refractivity contribution in [1.82, 2.24) is 14.8 Å².